The van der Waals surface area contributed by atoms with E-state index in [0.29, 0.717) is 58.0 Å². The number of carboxylic acid groups (broad SMARTS) is 1. The first-order chi connectivity index (χ1) is 21.3. The third-order valence-electron chi connectivity index (χ3n) is 7.70. The number of guanidine groups is 2. The van der Waals surface area contributed by atoms with Crippen molar-refractivity contribution in [1.82, 2.24) is 10.2 Å². The summed E-state index contributed by atoms with van der Waals surface area (Å²) in [6, 6.07) is -2.69. The molecule has 0 saturated carbocycles. The van der Waals surface area contributed by atoms with Gasteiger partial charge in [0.25, 0.3) is 0 Å². The van der Waals surface area contributed by atoms with Crippen LogP contribution in [0.15, 0.2) is 9.98 Å². The molecule has 1 rings (SSSR count). The number of nitrogens with one attached hydrogen (secondary N) is 1. The van der Waals surface area contributed by atoms with Gasteiger partial charge in [0.1, 0.15) is 6.04 Å². The van der Waals surface area contributed by atoms with Gasteiger partial charge < -0.3 is 49.7 Å². The number of likely N-dealkylation sites (tertiary alicyclic amines) is 1. The van der Waals surface area contributed by atoms with E-state index in [9.17, 15) is 29.1 Å². The third-order valence-corrected chi connectivity index (χ3v) is 8.10. The predicted molar refractivity (Wildman–Crippen MR) is 175 cm³/mol. The van der Waals surface area contributed by atoms with Crippen LogP contribution in [0.1, 0.15) is 70.6 Å². The summed E-state index contributed by atoms with van der Waals surface area (Å²) < 4.78 is 0. The molecule has 14 N–H and O–H groups in total. The first-order valence-electron chi connectivity index (χ1n) is 15.4. The molecule has 0 aromatic heterocycles. The summed E-state index contributed by atoms with van der Waals surface area (Å²) in [5, 5.41) is 12.5. The first-order valence-corrected chi connectivity index (χ1v) is 16.0. The number of aliphatic imine (C=N–C) groups is 2. The van der Waals surface area contributed by atoms with Crippen LogP contribution >= 0.6 is 12.6 Å². The molecule has 45 heavy (non-hydrogen) atoms. The highest BCUT2D eigenvalue weighted by molar-refractivity contribution is 7.80. The Labute approximate surface area is 269 Å². The van der Waals surface area contributed by atoms with Crippen molar-refractivity contribution in [2.24, 2.45) is 56.2 Å². The maximum absolute atomic E-state index is 13.7. The Morgan fingerprint density at radius 3 is 2.00 bits per heavy atom. The molecule has 1 saturated heterocycles. The van der Waals surface area contributed by atoms with Crippen LogP contribution in [0, 0.1) is 11.8 Å². The number of nitrogens with two attached hydrogens (primary N) is 6. The zero-order chi connectivity index (χ0) is 33.9. The van der Waals surface area contributed by atoms with Crippen LogP contribution in [0.25, 0.3) is 0 Å². The number of unbranched alkanes of at least 4 members (excludes halogenated alkanes) is 1. The molecule has 0 unspecified atom stereocenters. The Hall–Kier alpha value is -3.44. The van der Waals surface area contributed by atoms with Crippen molar-refractivity contribution in [2.75, 3.05) is 31.9 Å². The highest BCUT2D eigenvalue weighted by Crippen LogP contribution is 2.25. The van der Waals surface area contributed by atoms with Gasteiger partial charge in [0.05, 0.1) is 18.0 Å². The second-order valence-corrected chi connectivity index (χ2v) is 11.7. The molecule has 1 aliphatic heterocycles. The van der Waals surface area contributed by atoms with Crippen LogP contribution < -0.4 is 39.7 Å². The fourth-order valence-corrected chi connectivity index (χ4v) is 5.41. The number of Topliss-reactive ketones (excluding diaryl/α,β-unsaturated/α-hetero) is 2. The molecule has 16 nitrogen and oxygen atoms in total. The molecule has 0 bridgehead atoms. The monoisotopic (exact) mass is 656 g/mol. The Balaban J connectivity index is 3.10. The van der Waals surface area contributed by atoms with E-state index in [-0.39, 0.29) is 68.1 Å². The number of carbonyl (C=O) groups excluding carboxylic acids is 4. The second kappa shape index (κ2) is 21.3. The van der Waals surface area contributed by atoms with Gasteiger partial charge in [-0.15, -0.1) is 0 Å². The van der Waals surface area contributed by atoms with Crippen molar-refractivity contribution < 1.29 is 29.1 Å². The molecule has 256 valence electrons. The summed E-state index contributed by atoms with van der Waals surface area (Å²) in [7, 11) is 0. The summed E-state index contributed by atoms with van der Waals surface area (Å²) >= 11 is 4.09. The van der Waals surface area contributed by atoms with Crippen molar-refractivity contribution in [3.05, 3.63) is 0 Å². The van der Waals surface area contributed by atoms with E-state index in [1.165, 1.54) is 4.90 Å². The van der Waals surface area contributed by atoms with Gasteiger partial charge in [-0.2, -0.15) is 12.6 Å². The van der Waals surface area contributed by atoms with Crippen molar-refractivity contribution in [3.63, 3.8) is 0 Å². The molecule has 2 amide bonds. The van der Waals surface area contributed by atoms with Crippen molar-refractivity contribution in [3.8, 4) is 0 Å². The summed E-state index contributed by atoms with van der Waals surface area (Å²) in [6.45, 7) is 1.17. The minimum atomic E-state index is -1.15. The maximum Gasteiger partial charge on any atom is 0.306 e. The van der Waals surface area contributed by atoms with E-state index in [1.54, 1.807) is 0 Å². The van der Waals surface area contributed by atoms with Gasteiger partial charge in [0, 0.05) is 44.1 Å². The molecular formula is C28H52N10O6S. The van der Waals surface area contributed by atoms with E-state index in [4.69, 9.17) is 34.4 Å². The number of rotatable bonds is 23. The average Bonchev–Trinajstić information content (AvgIpc) is 3.48. The Kier molecular flexibility index (Phi) is 18.8. The predicted octanol–water partition coefficient (Wildman–Crippen LogP) is -1.81. The molecule has 1 heterocycles. The minimum Gasteiger partial charge on any atom is -0.481 e. The molecule has 0 spiro atoms. The topological polar surface area (TPSA) is 302 Å². The molecule has 1 fully saturated rings. The van der Waals surface area contributed by atoms with E-state index >= 15 is 0 Å². The highest BCUT2D eigenvalue weighted by Gasteiger charge is 2.39. The van der Waals surface area contributed by atoms with Crippen LogP contribution in [-0.4, -0.2) is 101 Å². The number of amides is 2. The summed E-state index contributed by atoms with van der Waals surface area (Å²) in [5.74, 6) is -4.53. The van der Waals surface area contributed by atoms with Crippen molar-refractivity contribution in [1.29, 1.82) is 0 Å². The Morgan fingerprint density at radius 2 is 1.44 bits per heavy atom. The number of hydrogen-bond donors (Lipinski definition) is 9. The Morgan fingerprint density at radius 1 is 0.867 bits per heavy atom. The summed E-state index contributed by atoms with van der Waals surface area (Å²) in [5.41, 5.74) is 32.9. The lowest BCUT2D eigenvalue weighted by Crippen LogP contribution is -2.52. The fraction of sp³-hybridized carbons (Fsp3) is 0.750. The molecule has 0 aromatic carbocycles. The van der Waals surface area contributed by atoms with Gasteiger partial charge in [-0.25, -0.2) is 0 Å². The maximum atomic E-state index is 13.7. The summed E-state index contributed by atoms with van der Waals surface area (Å²) in [4.78, 5) is 74.4. The highest BCUT2D eigenvalue weighted by atomic mass is 32.1. The number of nitrogens with zero attached hydrogens (tertiary/aromatic N) is 3. The quantitative estimate of drug-likeness (QED) is 0.0254. The van der Waals surface area contributed by atoms with Gasteiger partial charge in [0.15, 0.2) is 23.5 Å². The van der Waals surface area contributed by atoms with Crippen LogP contribution in [0.5, 0.6) is 0 Å². The zero-order valence-corrected chi connectivity index (χ0v) is 26.8. The van der Waals surface area contributed by atoms with E-state index in [0.717, 1.165) is 0 Å². The number of hydrogen-bond acceptors (Lipinski definition) is 10. The normalized spacial score (nSPS) is 17.0. The largest absolute Gasteiger partial charge is 0.481 e. The van der Waals surface area contributed by atoms with E-state index in [2.05, 4.69) is 27.9 Å². The van der Waals surface area contributed by atoms with E-state index in [1.807, 2.05) is 0 Å². The first kappa shape index (κ1) is 39.6. The molecular weight excluding hydrogens is 604 g/mol. The molecule has 1 aliphatic rings. The lowest BCUT2D eigenvalue weighted by Gasteiger charge is -2.30. The molecule has 0 aliphatic carbocycles. The summed E-state index contributed by atoms with van der Waals surface area (Å²) in [6.07, 6.45) is 3.24. The fourth-order valence-electron chi connectivity index (χ4n) is 5.21. The van der Waals surface area contributed by atoms with Gasteiger partial charge >= 0.3 is 5.97 Å². The molecule has 0 radical (unpaired) electrons. The number of carboxylic acids is 1. The van der Waals surface area contributed by atoms with Crippen LogP contribution in [0.2, 0.25) is 0 Å². The SMILES string of the molecule is NCCCC[C@H](CC(=O)[C@@H](N)CS)C(=O)N1CCC[C@H]1C(=O)N[C@@H](CCCN=C(N)N)C(=O)C[C@@H](CCCN=C(N)N)C(=O)O. The van der Waals surface area contributed by atoms with Gasteiger partial charge in [0.2, 0.25) is 11.8 Å². The number of aliphatic carboxylic acids is 1. The second-order valence-electron chi connectivity index (χ2n) is 11.3. The van der Waals surface area contributed by atoms with Gasteiger partial charge in [-0.3, -0.25) is 34.0 Å². The van der Waals surface area contributed by atoms with Crippen LogP contribution in [0.3, 0.4) is 0 Å². The average molecular weight is 657 g/mol. The van der Waals surface area contributed by atoms with Crippen LogP contribution in [-0.2, 0) is 24.0 Å². The molecule has 0 aromatic rings. The molecule has 17 heteroatoms. The van der Waals surface area contributed by atoms with Gasteiger partial charge in [-0.05, 0) is 57.9 Å². The minimum absolute atomic E-state index is 0.0678. The Bertz CT molecular complexity index is 1050. The standard InChI is InChI=1S/C28H52N10O6S/c29-10-2-1-6-17(14-22(39)19(30)16-45)25(42)38-13-5-9-21(38)24(41)37-20(8-4-12-36-28(33)34)23(40)15-18(26(43)44)7-3-11-35-27(31)32/h17-21,45H,1-16,29-30H2,(H,37,41)(H,43,44)(H4,31,32,35)(H4,33,34,36)/t17-,18-,19+,20+,21+/m1/s1. The smallest absolute Gasteiger partial charge is 0.306 e. The number of carbonyl (C=O) groups is 5. The van der Waals surface area contributed by atoms with E-state index < -0.39 is 47.6 Å². The van der Waals surface area contributed by atoms with Crippen molar-refractivity contribution in [2.45, 2.75) is 88.8 Å². The lowest BCUT2D eigenvalue weighted by atomic mass is 9.92. The van der Waals surface area contributed by atoms with Crippen LogP contribution in [0.4, 0.5) is 0 Å². The third kappa shape index (κ3) is 14.9. The lowest BCUT2D eigenvalue weighted by molar-refractivity contribution is -0.145. The van der Waals surface area contributed by atoms with Crippen molar-refractivity contribution >= 4 is 53.9 Å². The number of thiol groups is 1. The zero-order valence-electron chi connectivity index (χ0n) is 25.9. The van der Waals surface area contributed by atoms with Gasteiger partial charge in [-0.1, -0.05) is 6.42 Å². The number of ketones is 2. The molecule has 5 atom stereocenters.